The second-order valence-corrected chi connectivity index (χ2v) is 6.81. The third kappa shape index (κ3) is 4.07. The molecule has 0 aliphatic carbocycles. The van der Waals surface area contributed by atoms with Gasteiger partial charge < -0.3 is 10.6 Å². The van der Waals surface area contributed by atoms with Gasteiger partial charge in [-0.15, -0.1) is 0 Å². The summed E-state index contributed by atoms with van der Waals surface area (Å²) < 4.78 is 0. The first-order valence-electron chi connectivity index (χ1n) is 9.43. The van der Waals surface area contributed by atoms with Gasteiger partial charge in [0.05, 0.1) is 0 Å². The lowest BCUT2D eigenvalue weighted by molar-refractivity contribution is 0.816. The van der Waals surface area contributed by atoms with Crippen molar-refractivity contribution >= 4 is 11.4 Å². The van der Waals surface area contributed by atoms with Gasteiger partial charge in [-0.25, -0.2) is 4.98 Å². The topological polar surface area (TPSA) is 55.0 Å². The van der Waals surface area contributed by atoms with Gasteiger partial charge in [-0.2, -0.15) is 0 Å². The summed E-state index contributed by atoms with van der Waals surface area (Å²) in [6.07, 6.45) is 9.92. The van der Waals surface area contributed by atoms with Crippen LogP contribution in [0.1, 0.15) is 17.5 Å². The van der Waals surface area contributed by atoms with Crippen LogP contribution in [0.25, 0.3) is 16.7 Å². The highest BCUT2D eigenvalue weighted by molar-refractivity contribution is 5.68. The second kappa shape index (κ2) is 8.14. The van der Waals surface area contributed by atoms with E-state index in [1.54, 1.807) is 0 Å². The number of hydrogen-bond donors (Lipinski definition) is 1. The molecule has 0 atom stereocenters. The Hall–Kier alpha value is -2.98. The lowest BCUT2D eigenvalue weighted by Gasteiger charge is -2.27. The van der Waals surface area contributed by atoms with Crippen molar-refractivity contribution in [2.75, 3.05) is 24.5 Å². The molecular formula is C23H24N4. The number of hydrogen-bond acceptors (Lipinski definition) is 4. The summed E-state index contributed by atoms with van der Waals surface area (Å²) in [6.45, 7) is 2.52. The summed E-state index contributed by atoms with van der Waals surface area (Å²) in [4.78, 5) is 11.2. The molecule has 136 valence electrons. The van der Waals surface area contributed by atoms with Crippen LogP contribution in [0.5, 0.6) is 0 Å². The largest absolute Gasteiger partial charge is 0.353 e. The summed E-state index contributed by atoms with van der Waals surface area (Å²) in [6, 6.07) is 16.9. The van der Waals surface area contributed by atoms with E-state index in [0.29, 0.717) is 6.54 Å². The monoisotopic (exact) mass is 356 g/mol. The van der Waals surface area contributed by atoms with Crippen LogP contribution in [0.15, 0.2) is 73.2 Å². The number of nitrogens with zero attached hydrogens (tertiary/aromatic N) is 3. The van der Waals surface area contributed by atoms with E-state index in [-0.39, 0.29) is 0 Å². The van der Waals surface area contributed by atoms with Crippen molar-refractivity contribution in [3.63, 3.8) is 0 Å². The Morgan fingerprint density at radius 2 is 1.89 bits per heavy atom. The van der Waals surface area contributed by atoms with Crippen LogP contribution >= 0.6 is 0 Å². The molecule has 0 saturated carbocycles. The Kier molecular flexibility index (Phi) is 5.26. The highest BCUT2D eigenvalue weighted by Gasteiger charge is 2.14. The maximum absolute atomic E-state index is 5.67. The fourth-order valence-electron chi connectivity index (χ4n) is 3.51. The van der Waals surface area contributed by atoms with Gasteiger partial charge in [0.15, 0.2) is 0 Å². The SMILES string of the molecule is NCCc1cccc(-c2ccc(N3CC=C(c4cccnc4)CC3)nc2)c1. The summed E-state index contributed by atoms with van der Waals surface area (Å²) in [7, 11) is 0. The van der Waals surface area contributed by atoms with Gasteiger partial charge in [-0.1, -0.05) is 36.4 Å². The van der Waals surface area contributed by atoms with Crippen molar-refractivity contribution in [3.05, 3.63) is 84.3 Å². The molecule has 4 nitrogen and oxygen atoms in total. The highest BCUT2D eigenvalue weighted by atomic mass is 15.2. The van der Waals surface area contributed by atoms with E-state index in [0.717, 1.165) is 37.3 Å². The smallest absolute Gasteiger partial charge is 0.128 e. The van der Waals surface area contributed by atoms with Gasteiger partial charge in [-0.05, 0) is 59.8 Å². The van der Waals surface area contributed by atoms with Crippen molar-refractivity contribution in [1.29, 1.82) is 0 Å². The number of anilines is 1. The lowest BCUT2D eigenvalue weighted by Crippen LogP contribution is -2.28. The molecule has 4 heteroatoms. The third-order valence-corrected chi connectivity index (χ3v) is 5.01. The van der Waals surface area contributed by atoms with E-state index in [1.165, 1.54) is 22.3 Å². The molecule has 0 bridgehead atoms. The molecule has 1 aliphatic heterocycles. The normalized spacial score (nSPS) is 14.1. The molecule has 2 aromatic heterocycles. The molecule has 3 heterocycles. The van der Waals surface area contributed by atoms with Gasteiger partial charge in [0.1, 0.15) is 5.82 Å². The Morgan fingerprint density at radius 3 is 2.59 bits per heavy atom. The number of pyridine rings is 2. The van der Waals surface area contributed by atoms with Crippen LogP contribution < -0.4 is 10.6 Å². The Balaban J connectivity index is 1.47. The molecule has 3 aromatic rings. The van der Waals surface area contributed by atoms with Crippen LogP contribution in [-0.2, 0) is 6.42 Å². The molecular weight excluding hydrogens is 332 g/mol. The molecule has 27 heavy (non-hydrogen) atoms. The number of benzene rings is 1. The molecule has 0 radical (unpaired) electrons. The van der Waals surface area contributed by atoms with Crippen LogP contribution in [0, 0.1) is 0 Å². The molecule has 4 rings (SSSR count). The van der Waals surface area contributed by atoms with E-state index < -0.39 is 0 Å². The first kappa shape index (κ1) is 17.4. The summed E-state index contributed by atoms with van der Waals surface area (Å²) in [5.74, 6) is 1.03. The maximum Gasteiger partial charge on any atom is 0.128 e. The molecule has 0 amide bonds. The van der Waals surface area contributed by atoms with Crippen LogP contribution in [0.4, 0.5) is 5.82 Å². The van der Waals surface area contributed by atoms with Gasteiger partial charge in [-0.3, -0.25) is 4.98 Å². The molecule has 2 N–H and O–H groups in total. The second-order valence-electron chi connectivity index (χ2n) is 6.81. The quantitative estimate of drug-likeness (QED) is 0.752. The van der Waals surface area contributed by atoms with Gasteiger partial charge in [0, 0.05) is 37.2 Å². The predicted molar refractivity (Wildman–Crippen MR) is 111 cm³/mol. The Bertz CT molecular complexity index is 917. The van der Waals surface area contributed by atoms with Crippen molar-refractivity contribution < 1.29 is 0 Å². The Labute approximate surface area is 160 Å². The fourth-order valence-corrected chi connectivity index (χ4v) is 3.51. The average molecular weight is 356 g/mol. The van der Waals surface area contributed by atoms with E-state index in [9.17, 15) is 0 Å². The maximum atomic E-state index is 5.67. The van der Waals surface area contributed by atoms with Crippen molar-refractivity contribution in [3.8, 4) is 11.1 Å². The van der Waals surface area contributed by atoms with E-state index in [2.05, 4.69) is 58.4 Å². The summed E-state index contributed by atoms with van der Waals surface area (Å²) in [5, 5.41) is 0. The van der Waals surface area contributed by atoms with Crippen molar-refractivity contribution in [2.24, 2.45) is 5.73 Å². The first-order chi connectivity index (χ1) is 13.3. The number of nitrogens with two attached hydrogens (primary N) is 1. The van der Waals surface area contributed by atoms with Gasteiger partial charge in [0.25, 0.3) is 0 Å². The predicted octanol–water partition coefficient (Wildman–Crippen LogP) is 3.94. The Morgan fingerprint density at radius 1 is 0.963 bits per heavy atom. The zero-order chi connectivity index (χ0) is 18.5. The molecule has 0 unspecified atom stereocenters. The summed E-state index contributed by atoms with van der Waals surface area (Å²) in [5.41, 5.74) is 11.9. The van der Waals surface area contributed by atoms with Gasteiger partial charge >= 0.3 is 0 Å². The van der Waals surface area contributed by atoms with E-state index in [1.807, 2.05) is 24.7 Å². The minimum Gasteiger partial charge on any atom is -0.353 e. The number of aromatic nitrogens is 2. The third-order valence-electron chi connectivity index (χ3n) is 5.01. The van der Waals surface area contributed by atoms with Crippen LogP contribution in [-0.4, -0.2) is 29.6 Å². The molecule has 1 aromatic carbocycles. The molecule has 0 fully saturated rings. The molecule has 0 spiro atoms. The zero-order valence-electron chi connectivity index (χ0n) is 15.4. The zero-order valence-corrected chi connectivity index (χ0v) is 15.4. The van der Waals surface area contributed by atoms with E-state index >= 15 is 0 Å². The van der Waals surface area contributed by atoms with Crippen LogP contribution in [0.3, 0.4) is 0 Å². The average Bonchev–Trinajstić information content (AvgIpc) is 2.75. The van der Waals surface area contributed by atoms with Crippen molar-refractivity contribution in [2.45, 2.75) is 12.8 Å². The fraction of sp³-hybridized carbons (Fsp3) is 0.217. The van der Waals surface area contributed by atoms with E-state index in [4.69, 9.17) is 10.7 Å². The minimum atomic E-state index is 0.671. The first-order valence-corrected chi connectivity index (χ1v) is 9.43. The summed E-state index contributed by atoms with van der Waals surface area (Å²) >= 11 is 0. The molecule has 1 aliphatic rings. The van der Waals surface area contributed by atoms with Crippen molar-refractivity contribution in [1.82, 2.24) is 9.97 Å². The van der Waals surface area contributed by atoms with Gasteiger partial charge in [0.2, 0.25) is 0 Å². The highest BCUT2D eigenvalue weighted by Crippen LogP contribution is 2.26. The standard InChI is InChI=1S/C23H24N4/c24-11-8-18-3-1-4-20(15-18)22-6-7-23(26-17-22)27-13-9-19(10-14-27)21-5-2-12-25-16-21/h1-7,9,12,15-17H,8,10-11,13-14,24H2. The minimum absolute atomic E-state index is 0.671. The molecule has 0 saturated heterocycles. The van der Waals surface area contributed by atoms with Crippen LogP contribution in [0.2, 0.25) is 0 Å². The number of rotatable bonds is 5. The lowest BCUT2D eigenvalue weighted by atomic mass is 10.0.